The van der Waals surface area contributed by atoms with Crippen molar-refractivity contribution >= 4 is 28.8 Å². The van der Waals surface area contributed by atoms with E-state index in [1.165, 1.54) is 17.6 Å². The number of nitrogens with one attached hydrogen (secondary N) is 2. The number of anilines is 1. The molecule has 9 nitrogen and oxygen atoms in total. The minimum atomic E-state index is -0.0583. The average molecular weight is 504 g/mol. The lowest BCUT2D eigenvalue weighted by atomic mass is 9.90. The number of ether oxygens (including phenoxy) is 2. The first-order chi connectivity index (χ1) is 18.0. The first kappa shape index (κ1) is 24.1. The topological polar surface area (TPSA) is 92.8 Å². The Hall–Kier alpha value is -3.30. The van der Waals surface area contributed by atoms with Gasteiger partial charge in [0.25, 0.3) is 0 Å². The lowest BCUT2D eigenvalue weighted by Crippen LogP contribution is -2.44. The summed E-state index contributed by atoms with van der Waals surface area (Å²) < 4.78 is 14.8. The molecule has 1 aromatic carbocycles. The number of hydrogen-bond acceptors (Lipinski definition) is 6. The second kappa shape index (κ2) is 9.87. The molecule has 2 aromatic heterocycles. The fraction of sp³-hybridized carbons (Fsp3) is 0.500. The van der Waals surface area contributed by atoms with Gasteiger partial charge in [-0.25, -0.2) is 9.50 Å². The number of fused-ring (bicyclic) bond motifs is 2. The van der Waals surface area contributed by atoms with Crippen molar-refractivity contribution in [1.29, 1.82) is 0 Å². The summed E-state index contributed by atoms with van der Waals surface area (Å²) in [7, 11) is 1.64. The summed E-state index contributed by atoms with van der Waals surface area (Å²) in [6, 6.07) is 7.28. The molecule has 2 N–H and O–H groups in total. The van der Waals surface area contributed by atoms with Crippen molar-refractivity contribution in [2.24, 2.45) is 0 Å². The maximum atomic E-state index is 13.2. The normalized spacial score (nSPS) is 20.5. The number of carbonyl (C=O) groups excluding carboxylic acids is 1. The second-order valence-electron chi connectivity index (χ2n) is 10.6. The van der Waals surface area contributed by atoms with Crippen molar-refractivity contribution in [3.63, 3.8) is 0 Å². The van der Waals surface area contributed by atoms with Gasteiger partial charge in [0.05, 0.1) is 12.8 Å². The quantitative estimate of drug-likeness (QED) is 0.483. The van der Waals surface area contributed by atoms with Gasteiger partial charge in [-0.15, -0.1) is 0 Å². The number of rotatable bonds is 5. The highest BCUT2D eigenvalue weighted by molar-refractivity contribution is 6.01. The number of carbonyl (C=O) groups is 1. The monoisotopic (exact) mass is 503 g/mol. The van der Waals surface area contributed by atoms with Gasteiger partial charge in [-0.2, -0.15) is 19.8 Å². The lowest BCUT2D eigenvalue weighted by Gasteiger charge is -2.31. The van der Waals surface area contributed by atoms with Crippen LogP contribution in [0.15, 0.2) is 30.7 Å². The highest BCUT2D eigenvalue weighted by Gasteiger charge is 2.37. The van der Waals surface area contributed by atoms with E-state index in [9.17, 15) is 4.79 Å². The Bertz CT molecular complexity index is 1360. The Morgan fingerprint density at radius 1 is 1.14 bits per heavy atom. The van der Waals surface area contributed by atoms with Crippen LogP contribution in [0.5, 0.6) is 5.75 Å². The number of methoxy groups -OCH3 is 1. The minimum absolute atomic E-state index is 0.0583. The summed E-state index contributed by atoms with van der Waals surface area (Å²) in [5.41, 5.74) is 6.89. The minimum Gasteiger partial charge on any atom is -0.493 e. The SMILES string of the molecule is COc1cc(-c2cc3c(cc2C(C)C)[N+](=C2CCC(NC4CCOCC4)CC2)C(=O)N3)cn2ncnc12. The van der Waals surface area contributed by atoms with E-state index in [4.69, 9.17) is 9.47 Å². The molecule has 0 bridgehead atoms. The zero-order valence-electron chi connectivity index (χ0n) is 21.8. The van der Waals surface area contributed by atoms with Crippen molar-refractivity contribution in [3.05, 3.63) is 36.3 Å². The van der Waals surface area contributed by atoms with Crippen molar-refractivity contribution < 1.29 is 18.8 Å². The van der Waals surface area contributed by atoms with Gasteiger partial charge in [0.15, 0.2) is 22.8 Å². The zero-order chi connectivity index (χ0) is 25.5. The van der Waals surface area contributed by atoms with Crippen LogP contribution in [-0.2, 0) is 4.74 Å². The molecule has 3 aliphatic rings. The van der Waals surface area contributed by atoms with Crippen LogP contribution in [0.1, 0.15) is 63.9 Å². The van der Waals surface area contributed by atoms with Crippen LogP contribution < -0.4 is 15.4 Å². The van der Waals surface area contributed by atoms with Crippen molar-refractivity contribution in [1.82, 2.24) is 19.9 Å². The Morgan fingerprint density at radius 3 is 2.62 bits per heavy atom. The Kier molecular flexibility index (Phi) is 6.42. The first-order valence-corrected chi connectivity index (χ1v) is 13.4. The van der Waals surface area contributed by atoms with Gasteiger partial charge in [0, 0.05) is 49.9 Å². The Balaban J connectivity index is 1.32. The molecule has 4 heterocycles. The second-order valence-corrected chi connectivity index (χ2v) is 10.6. The van der Waals surface area contributed by atoms with Crippen molar-refractivity contribution in [3.8, 4) is 16.9 Å². The summed E-state index contributed by atoms with van der Waals surface area (Å²) in [4.78, 5) is 17.5. The molecule has 1 saturated carbocycles. The lowest BCUT2D eigenvalue weighted by molar-refractivity contribution is -0.324. The van der Waals surface area contributed by atoms with E-state index in [-0.39, 0.29) is 11.9 Å². The van der Waals surface area contributed by atoms with E-state index in [1.54, 1.807) is 11.6 Å². The molecule has 2 fully saturated rings. The van der Waals surface area contributed by atoms with Gasteiger partial charge in [-0.05, 0) is 60.9 Å². The highest BCUT2D eigenvalue weighted by atomic mass is 16.5. The van der Waals surface area contributed by atoms with E-state index >= 15 is 0 Å². The third-order valence-corrected chi connectivity index (χ3v) is 7.92. The average Bonchev–Trinajstić information content (AvgIpc) is 3.51. The molecule has 2 aliphatic heterocycles. The van der Waals surface area contributed by atoms with E-state index in [0.717, 1.165) is 74.2 Å². The summed E-state index contributed by atoms with van der Waals surface area (Å²) in [6.07, 6.45) is 9.62. The van der Waals surface area contributed by atoms with Gasteiger partial charge in [-0.1, -0.05) is 13.8 Å². The number of aromatic nitrogens is 3. The van der Waals surface area contributed by atoms with Crippen LogP contribution in [0.3, 0.4) is 0 Å². The predicted molar refractivity (Wildman–Crippen MR) is 142 cm³/mol. The van der Waals surface area contributed by atoms with E-state index < -0.39 is 0 Å². The third-order valence-electron chi connectivity index (χ3n) is 7.92. The molecule has 0 unspecified atom stereocenters. The molecule has 37 heavy (non-hydrogen) atoms. The Morgan fingerprint density at radius 2 is 1.89 bits per heavy atom. The van der Waals surface area contributed by atoms with E-state index in [1.807, 2.05) is 16.8 Å². The summed E-state index contributed by atoms with van der Waals surface area (Å²) >= 11 is 0. The number of amides is 2. The van der Waals surface area contributed by atoms with Crippen LogP contribution >= 0.6 is 0 Å². The van der Waals surface area contributed by atoms with Gasteiger partial charge in [-0.3, -0.25) is 0 Å². The fourth-order valence-electron chi connectivity index (χ4n) is 5.94. The van der Waals surface area contributed by atoms with Crippen LogP contribution in [-0.4, -0.2) is 63.3 Å². The number of pyridine rings is 1. The van der Waals surface area contributed by atoms with Gasteiger partial charge in [0.2, 0.25) is 0 Å². The summed E-state index contributed by atoms with van der Waals surface area (Å²) in [5.74, 6) is 0.928. The van der Waals surface area contributed by atoms with Crippen molar-refractivity contribution in [2.45, 2.75) is 70.4 Å². The molecule has 1 saturated heterocycles. The fourth-order valence-corrected chi connectivity index (χ4v) is 5.94. The number of urea groups is 1. The largest absolute Gasteiger partial charge is 0.501 e. The standard InChI is InChI=1S/C28H34N6O3/c1-17(2)22-14-25-24(13-23(22)18-12-26(36-3)27-29-16-30-33(27)15-18)32-28(35)34(25)21-6-4-19(5-7-21)31-20-8-10-37-11-9-20/h12-17,19-20,31H,4-11H2,1-3H3/p+1. The van der Waals surface area contributed by atoms with E-state index in [0.29, 0.717) is 23.5 Å². The van der Waals surface area contributed by atoms with Gasteiger partial charge < -0.3 is 14.8 Å². The third kappa shape index (κ3) is 4.51. The highest BCUT2D eigenvalue weighted by Crippen LogP contribution is 2.42. The number of benzene rings is 1. The molecule has 2 amide bonds. The predicted octanol–water partition coefficient (Wildman–Crippen LogP) is 4.87. The molecule has 0 spiro atoms. The maximum absolute atomic E-state index is 13.2. The van der Waals surface area contributed by atoms with Crippen molar-refractivity contribution in [2.75, 3.05) is 25.6 Å². The summed E-state index contributed by atoms with van der Waals surface area (Å²) in [5, 5.41) is 11.3. The Labute approximate surface area is 216 Å². The molecular formula is C28H35N6O3+. The molecule has 194 valence electrons. The van der Waals surface area contributed by atoms with Gasteiger partial charge in [0.1, 0.15) is 6.33 Å². The van der Waals surface area contributed by atoms with Crippen LogP contribution in [0.25, 0.3) is 16.8 Å². The molecular weight excluding hydrogens is 468 g/mol. The van der Waals surface area contributed by atoms with Crippen LogP contribution in [0.2, 0.25) is 0 Å². The van der Waals surface area contributed by atoms with E-state index in [2.05, 4.69) is 46.7 Å². The molecule has 0 atom stereocenters. The first-order valence-electron chi connectivity index (χ1n) is 13.4. The molecule has 0 radical (unpaired) electrons. The van der Waals surface area contributed by atoms with Crippen LogP contribution in [0.4, 0.5) is 16.2 Å². The molecule has 6 rings (SSSR count). The zero-order valence-corrected chi connectivity index (χ0v) is 21.8. The van der Waals surface area contributed by atoms with Gasteiger partial charge >= 0.3 is 6.03 Å². The number of hydrogen-bond donors (Lipinski definition) is 2. The maximum Gasteiger partial charge on any atom is 0.501 e. The van der Waals surface area contributed by atoms with Crippen LogP contribution in [0, 0.1) is 0 Å². The molecule has 3 aromatic rings. The smallest absolute Gasteiger partial charge is 0.493 e. The summed E-state index contributed by atoms with van der Waals surface area (Å²) in [6.45, 7) is 6.08. The molecule has 1 aliphatic carbocycles. The number of nitrogens with zero attached hydrogens (tertiary/aromatic N) is 4. The molecule has 9 heteroatoms.